The molecule has 4 saturated carbocycles. The molecule has 0 aromatic carbocycles. The van der Waals surface area contributed by atoms with Crippen molar-refractivity contribution >= 4 is 21.8 Å². The van der Waals surface area contributed by atoms with Crippen LogP contribution in [0.15, 0.2) is 0 Å². The molecular weight excluding hydrogens is 306 g/mol. The summed E-state index contributed by atoms with van der Waals surface area (Å²) < 4.78 is 5.33. The van der Waals surface area contributed by atoms with Crippen LogP contribution in [0, 0.1) is 17.3 Å². The Labute approximate surface area is 124 Å². The van der Waals surface area contributed by atoms with Crippen molar-refractivity contribution in [3.63, 3.8) is 0 Å². The minimum atomic E-state index is 0.218. The van der Waals surface area contributed by atoms with Crippen LogP contribution in [-0.4, -0.2) is 30.5 Å². The fraction of sp³-hybridized carbons (Fsp3) is 0.933. The predicted octanol–water partition coefficient (Wildman–Crippen LogP) is 2.87. The highest BCUT2D eigenvalue weighted by Crippen LogP contribution is 2.65. The average Bonchev–Trinajstić information content (AvgIpc) is 2.24. The molecule has 4 fully saturated rings. The molecule has 1 amide bonds. The van der Waals surface area contributed by atoms with Crippen molar-refractivity contribution in [1.29, 1.82) is 0 Å². The number of nitrogens with one attached hydrogen (secondary N) is 1. The Bertz CT molecular complexity index is 357. The fourth-order valence-corrected chi connectivity index (χ4v) is 6.75. The second-order valence-corrected chi connectivity index (χ2v) is 8.81. The molecule has 4 rings (SSSR count). The zero-order chi connectivity index (χ0) is 13.5. The minimum Gasteiger partial charge on any atom is -0.383 e. The van der Waals surface area contributed by atoms with E-state index in [9.17, 15) is 4.79 Å². The number of hydrogen-bond acceptors (Lipinski definition) is 2. The van der Waals surface area contributed by atoms with E-state index in [1.807, 2.05) is 0 Å². The number of halogens is 1. The maximum Gasteiger partial charge on any atom is 0.220 e. The minimum absolute atomic E-state index is 0.218. The average molecular weight is 330 g/mol. The van der Waals surface area contributed by atoms with Crippen molar-refractivity contribution in [2.45, 2.75) is 49.3 Å². The van der Waals surface area contributed by atoms with Gasteiger partial charge in [-0.2, -0.15) is 0 Å². The zero-order valence-electron chi connectivity index (χ0n) is 11.7. The van der Waals surface area contributed by atoms with Gasteiger partial charge in [0.25, 0.3) is 0 Å². The van der Waals surface area contributed by atoms with Crippen molar-refractivity contribution < 1.29 is 9.53 Å². The molecule has 4 bridgehead atoms. The molecule has 4 aliphatic carbocycles. The van der Waals surface area contributed by atoms with Crippen LogP contribution in [0.2, 0.25) is 0 Å². The van der Waals surface area contributed by atoms with Gasteiger partial charge in [0.15, 0.2) is 0 Å². The number of rotatable bonds is 5. The number of carbonyl (C=O) groups excluding carboxylic acids is 1. The fourth-order valence-electron chi connectivity index (χ4n) is 5.24. The summed E-state index contributed by atoms with van der Waals surface area (Å²) in [6.45, 7) is 1.24. The van der Waals surface area contributed by atoms with E-state index in [0.29, 0.717) is 17.5 Å². The van der Waals surface area contributed by atoms with Crippen molar-refractivity contribution in [2.75, 3.05) is 20.3 Å². The predicted molar refractivity (Wildman–Crippen MR) is 78.3 cm³/mol. The number of amides is 1. The highest BCUT2D eigenvalue weighted by Gasteiger charge is 2.57. The molecule has 2 unspecified atom stereocenters. The first-order valence-electron chi connectivity index (χ1n) is 7.47. The summed E-state index contributed by atoms with van der Waals surface area (Å²) in [4.78, 5) is 12.1. The Kier molecular flexibility index (Phi) is 3.67. The normalized spacial score (nSPS) is 43.5. The van der Waals surface area contributed by atoms with Crippen LogP contribution in [-0.2, 0) is 9.53 Å². The molecule has 1 N–H and O–H groups in total. The van der Waals surface area contributed by atoms with Gasteiger partial charge >= 0.3 is 0 Å². The molecule has 4 heteroatoms. The topological polar surface area (TPSA) is 38.3 Å². The van der Waals surface area contributed by atoms with Crippen molar-refractivity contribution in [3.8, 4) is 0 Å². The number of carbonyl (C=O) groups is 1. The van der Waals surface area contributed by atoms with Crippen LogP contribution in [0.3, 0.4) is 0 Å². The standard InChI is InChI=1S/C15H24BrNO2/c1-19-3-2-17-13(18)9-14-5-11-4-12(6-14)8-15(16,7-11)10-14/h11-12H,2-10H2,1H3,(H,17,18). The van der Waals surface area contributed by atoms with Gasteiger partial charge in [0.2, 0.25) is 5.91 Å². The molecule has 4 aliphatic rings. The molecule has 0 heterocycles. The highest BCUT2D eigenvalue weighted by molar-refractivity contribution is 9.10. The third-order valence-corrected chi connectivity index (χ3v) is 6.20. The highest BCUT2D eigenvalue weighted by atomic mass is 79.9. The van der Waals surface area contributed by atoms with E-state index >= 15 is 0 Å². The molecule has 0 aromatic rings. The van der Waals surface area contributed by atoms with E-state index in [-0.39, 0.29) is 11.3 Å². The smallest absolute Gasteiger partial charge is 0.220 e. The van der Waals surface area contributed by atoms with Crippen LogP contribution >= 0.6 is 15.9 Å². The Hall–Kier alpha value is -0.0900. The summed E-state index contributed by atoms with van der Waals surface area (Å²) in [6.07, 6.45) is 8.53. The van der Waals surface area contributed by atoms with Crippen molar-refractivity contribution in [1.82, 2.24) is 5.32 Å². The lowest BCUT2D eigenvalue weighted by atomic mass is 9.48. The van der Waals surface area contributed by atoms with Gasteiger partial charge in [0.05, 0.1) is 6.61 Å². The zero-order valence-corrected chi connectivity index (χ0v) is 13.3. The van der Waals surface area contributed by atoms with E-state index in [2.05, 4.69) is 21.2 Å². The summed E-state index contributed by atoms with van der Waals surface area (Å²) >= 11 is 3.99. The van der Waals surface area contributed by atoms with Crippen LogP contribution in [0.25, 0.3) is 0 Å². The van der Waals surface area contributed by atoms with Gasteiger partial charge in [-0.3, -0.25) is 4.79 Å². The number of hydrogen-bond donors (Lipinski definition) is 1. The first-order chi connectivity index (χ1) is 9.03. The number of methoxy groups -OCH3 is 1. The summed E-state index contributed by atoms with van der Waals surface area (Å²) in [7, 11) is 1.67. The molecule has 108 valence electrons. The van der Waals surface area contributed by atoms with E-state index in [0.717, 1.165) is 18.3 Å². The number of alkyl halides is 1. The molecule has 0 spiro atoms. The first kappa shape index (κ1) is 13.9. The Morgan fingerprint density at radius 2 is 2.00 bits per heavy atom. The van der Waals surface area contributed by atoms with Crippen molar-refractivity contribution in [2.24, 2.45) is 17.3 Å². The second kappa shape index (κ2) is 5.03. The Balaban J connectivity index is 1.62. The van der Waals surface area contributed by atoms with Gasteiger partial charge < -0.3 is 10.1 Å². The third-order valence-electron chi connectivity index (χ3n) is 5.27. The Morgan fingerprint density at radius 1 is 1.32 bits per heavy atom. The van der Waals surface area contributed by atoms with Gasteiger partial charge in [-0.1, -0.05) is 15.9 Å². The molecule has 3 nitrogen and oxygen atoms in total. The van der Waals surface area contributed by atoms with Gasteiger partial charge in [-0.15, -0.1) is 0 Å². The lowest BCUT2D eigenvalue weighted by Gasteiger charge is -2.60. The summed E-state index contributed by atoms with van der Waals surface area (Å²) in [5, 5.41) is 2.99. The first-order valence-corrected chi connectivity index (χ1v) is 8.26. The maximum atomic E-state index is 12.1. The monoisotopic (exact) mass is 329 g/mol. The van der Waals surface area contributed by atoms with Crippen LogP contribution in [0.1, 0.15) is 44.9 Å². The molecule has 0 aliphatic heterocycles. The van der Waals surface area contributed by atoms with Gasteiger partial charge in [-0.05, 0) is 55.8 Å². The van der Waals surface area contributed by atoms with Gasteiger partial charge in [0, 0.05) is 24.4 Å². The van der Waals surface area contributed by atoms with E-state index in [1.165, 1.54) is 38.5 Å². The lowest BCUT2D eigenvalue weighted by molar-refractivity contribution is -0.128. The number of ether oxygens (including phenoxy) is 1. The summed E-state index contributed by atoms with van der Waals surface area (Å²) in [5.41, 5.74) is 0.282. The SMILES string of the molecule is COCCNC(=O)CC12CC3CC(CC(Br)(C3)C1)C2. The molecule has 0 saturated heterocycles. The van der Waals surface area contributed by atoms with Crippen LogP contribution in [0.4, 0.5) is 0 Å². The second-order valence-electron chi connectivity index (χ2n) is 7.13. The van der Waals surface area contributed by atoms with E-state index in [1.54, 1.807) is 7.11 Å². The Morgan fingerprint density at radius 3 is 2.58 bits per heavy atom. The molecule has 0 radical (unpaired) electrons. The summed E-state index contributed by atoms with van der Waals surface area (Å²) in [5.74, 6) is 1.93. The van der Waals surface area contributed by atoms with Crippen molar-refractivity contribution in [3.05, 3.63) is 0 Å². The van der Waals surface area contributed by atoms with E-state index < -0.39 is 0 Å². The third kappa shape index (κ3) is 2.85. The maximum absolute atomic E-state index is 12.1. The summed E-state index contributed by atoms with van der Waals surface area (Å²) in [6, 6.07) is 0. The lowest BCUT2D eigenvalue weighted by Crippen LogP contribution is -2.54. The molecule has 19 heavy (non-hydrogen) atoms. The largest absolute Gasteiger partial charge is 0.383 e. The quantitative estimate of drug-likeness (QED) is 0.622. The molecule has 2 atom stereocenters. The molecule has 0 aromatic heterocycles. The molecular formula is C15H24BrNO2. The van der Waals surface area contributed by atoms with Crippen LogP contribution < -0.4 is 5.32 Å². The van der Waals surface area contributed by atoms with Crippen LogP contribution in [0.5, 0.6) is 0 Å². The van der Waals surface area contributed by atoms with E-state index in [4.69, 9.17) is 4.74 Å². The van der Waals surface area contributed by atoms with Gasteiger partial charge in [0.1, 0.15) is 0 Å². The van der Waals surface area contributed by atoms with Gasteiger partial charge in [-0.25, -0.2) is 0 Å².